The van der Waals surface area contributed by atoms with Crippen LogP contribution in [0.3, 0.4) is 0 Å². The minimum atomic E-state index is -3.77. The van der Waals surface area contributed by atoms with E-state index in [9.17, 15) is 8.42 Å². The highest BCUT2D eigenvalue weighted by molar-refractivity contribution is 7.92. The van der Waals surface area contributed by atoms with Crippen molar-refractivity contribution in [3.8, 4) is 0 Å². The highest BCUT2D eigenvalue weighted by atomic mass is 35.5. The average molecular weight is 343 g/mol. The summed E-state index contributed by atoms with van der Waals surface area (Å²) in [4.78, 5) is 4.85. The minimum absolute atomic E-state index is 0.0798. The molecule has 9 heteroatoms. The number of rotatable bonds is 4. The fourth-order valence-corrected chi connectivity index (χ4v) is 4.16. The highest BCUT2D eigenvalue weighted by Gasteiger charge is 2.25. The van der Waals surface area contributed by atoms with E-state index in [1.165, 1.54) is 15.7 Å². The highest BCUT2D eigenvalue weighted by Crippen LogP contribution is 2.27. The van der Waals surface area contributed by atoms with Crippen molar-refractivity contribution in [1.29, 1.82) is 0 Å². The van der Waals surface area contributed by atoms with Gasteiger partial charge in [0, 0.05) is 29.3 Å². The molecule has 110 valence electrons. The summed E-state index contributed by atoms with van der Waals surface area (Å²) >= 11 is 7.16. The molecule has 21 heavy (non-hydrogen) atoms. The lowest BCUT2D eigenvalue weighted by Gasteiger charge is -2.08. The molecule has 0 aliphatic rings. The first kappa shape index (κ1) is 14.2. The predicted molar refractivity (Wildman–Crippen MR) is 84.9 cm³/mol. The lowest BCUT2D eigenvalue weighted by Crippen LogP contribution is -2.16. The molecular weight excluding hydrogens is 332 g/mol. The average Bonchev–Trinajstić information content (AvgIpc) is 3.00. The van der Waals surface area contributed by atoms with Gasteiger partial charge < -0.3 is 5.32 Å². The fourth-order valence-electron chi connectivity index (χ4n) is 1.91. The van der Waals surface area contributed by atoms with Gasteiger partial charge in [-0.25, -0.2) is 4.98 Å². The molecule has 0 saturated heterocycles. The third-order valence-corrected chi connectivity index (χ3v) is 5.22. The van der Waals surface area contributed by atoms with E-state index in [-0.39, 0.29) is 5.03 Å². The number of thiazole rings is 1. The van der Waals surface area contributed by atoms with Crippen molar-refractivity contribution in [1.82, 2.24) is 9.38 Å². The number of nitrogens with one attached hydrogen (secondary N) is 2. The maximum absolute atomic E-state index is 12.6. The molecule has 3 aromatic rings. The van der Waals surface area contributed by atoms with Crippen LogP contribution in [0.5, 0.6) is 0 Å². The molecule has 0 fully saturated rings. The van der Waals surface area contributed by atoms with Gasteiger partial charge in [-0.3, -0.25) is 9.12 Å². The number of halogens is 1. The zero-order chi connectivity index (χ0) is 15.0. The normalized spacial score (nSPS) is 11.7. The Balaban J connectivity index is 2.07. The summed E-state index contributed by atoms with van der Waals surface area (Å²) in [6.45, 7) is 0. The van der Waals surface area contributed by atoms with Gasteiger partial charge in [-0.05, 0) is 24.3 Å². The van der Waals surface area contributed by atoms with Crippen LogP contribution in [0.2, 0.25) is 5.02 Å². The van der Waals surface area contributed by atoms with E-state index in [1.807, 2.05) is 0 Å². The maximum Gasteiger partial charge on any atom is 0.281 e. The summed E-state index contributed by atoms with van der Waals surface area (Å²) < 4.78 is 29.3. The van der Waals surface area contributed by atoms with Crippen LogP contribution in [-0.4, -0.2) is 24.9 Å². The first-order valence-corrected chi connectivity index (χ1v) is 8.67. The molecule has 2 aromatic heterocycles. The molecule has 2 N–H and O–H groups in total. The Morgan fingerprint density at radius 2 is 2.00 bits per heavy atom. The van der Waals surface area contributed by atoms with E-state index < -0.39 is 10.0 Å². The van der Waals surface area contributed by atoms with Crippen molar-refractivity contribution in [3.05, 3.63) is 40.9 Å². The van der Waals surface area contributed by atoms with Gasteiger partial charge in [0.25, 0.3) is 10.0 Å². The van der Waals surface area contributed by atoms with E-state index in [4.69, 9.17) is 11.6 Å². The Kier molecular flexibility index (Phi) is 3.52. The Bertz CT molecular complexity index is 884. The third-order valence-electron chi connectivity index (χ3n) is 2.81. The molecule has 1 aromatic carbocycles. The largest absolute Gasteiger partial charge is 0.371 e. The van der Waals surface area contributed by atoms with Crippen LogP contribution in [0.25, 0.3) is 4.96 Å². The summed E-state index contributed by atoms with van der Waals surface area (Å²) in [6.07, 6.45) is 1.67. The molecule has 0 radical (unpaired) electrons. The van der Waals surface area contributed by atoms with Gasteiger partial charge in [0.1, 0.15) is 0 Å². The molecule has 0 unspecified atom stereocenters. The van der Waals surface area contributed by atoms with Crippen molar-refractivity contribution >= 4 is 49.4 Å². The van der Waals surface area contributed by atoms with E-state index in [0.717, 1.165) is 0 Å². The van der Waals surface area contributed by atoms with E-state index in [2.05, 4.69) is 15.0 Å². The molecule has 3 rings (SSSR count). The summed E-state index contributed by atoms with van der Waals surface area (Å²) in [5, 5.41) is 5.21. The monoisotopic (exact) mass is 342 g/mol. The van der Waals surface area contributed by atoms with E-state index >= 15 is 0 Å². The van der Waals surface area contributed by atoms with Gasteiger partial charge >= 0.3 is 0 Å². The van der Waals surface area contributed by atoms with Crippen LogP contribution in [0.4, 0.5) is 11.5 Å². The Morgan fingerprint density at radius 1 is 1.29 bits per heavy atom. The molecule has 2 heterocycles. The molecule has 0 spiro atoms. The van der Waals surface area contributed by atoms with Crippen molar-refractivity contribution in [2.45, 2.75) is 5.03 Å². The lowest BCUT2D eigenvalue weighted by molar-refractivity contribution is 0.597. The number of sulfonamides is 1. The van der Waals surface area contributed by atoms with Crippen molar-refractivity contribution in [2.75, 3.05) is 17.1 Å². The van der Waals surface area contributed by atoms with Crippen LogP contribution in [0.15, 0.2) is 40.9 Å². The summed E-state index contributed by atoms with van der Waals surface area (Å²) in [6, 6.07) is 6.44. The Hall–Kier alpha value is -1.77. The number of benzene rings is 1. The number of anilines is 2. The first-order chi connectivity index (χ1) is 10.0. The SMILES string of the molecule is CNc1nc2sccn2c1S(=O)(=O)Nc1ccc(Cl)cc1. The fraction of sp³-hybridized carbons (Fsp3) is 0.0833. The number of nitrogens with zero attached hydrogens (tertiary/aromatic N) is 2. The second-order valence-electron chi connectivity index (χ2n) is 4.18. The van der Waals surface area contributed by atoms with Crippen molar-refractivity contribution in [2.24, 2.45) is 0 Å². The van der Waals surface area contributed by atoms with Crippen LogP contribution in [-0.2, 0) is 10.0 Å². The number of hydrogen-bond donors (Lipinski definition) is 2. The topological polar surface area (TPSA) is 75.5 Å². The first-order valence-electron chi connectivity index (χ1n) is 5.93. The number of fused-ring (bicyclic) bond motifs is 1. The molecule has 0 aliphatic carbocycles. The smallest absolute Gasteiger partial charge is 0.281 e. The van der Waals surface area contributed by atoms with E-state index in [0.29, 0.717) is 21.5 Å². The zero-order valence-electron chi connectivity index (χ0n) is 10.9. The summed E-state index contributed by atoms with van der Waals surface area (Å²) in [5.74, 6) is 0.309. The quantitative estimate of drug-likeness (QED) is 0.764. The number of hydrogen-bond acceptors (Lipinski definition) is 5. The van der Waals surface area contributed by atoms with E-state index in [1.54, 1.807) is 42.9 Å². The van der Waals surface area contributed by atoms with Crippen LogP contribution in [0, 0.1) is 0 Å². The lowest BCUT2D eigenvalue weighted by atomic mass is 10.3. The van der Waals surface area contributed by atoms with Gasteiger partial charge in [0.05, 0.1) is 0 Å². The van der Waals surface area contributed by atoms with Gasteiger partial charge in [0.15, 0.2) is 10.8 Å². The molecule has 0 amide bonds. The van der Waals surface area contributed by atoms with Gasteiger partial charge in [-0.15, -0.1) is 11.3 Å². The molecular formula is C12H11ClN4O2S2. The second kappa shape index (κ2) is 5.21. The summed E-state index contributed by atoms with van der Waals surface area (Å²) in [7, 11) is -2.14. The number of aromatic nitrogens is 2. The van der Waals surface area contributed by atoms with Crippen LogP contribution in [0.1, 0.15) is 0 Å². The summed E-state index contributed by atoms with van der Waals surface area (Å²) in [5.41, 5.74) is 0.437. The third kappa shape index (κ3) is 2.57. The standard InChI is InChI=1S/C12H11ClN4O2S2/c1-14-10-11(17-6-7-20-12(17)15-10)21(18,19)16-9-4-2-8(13)3-5-9/h2-7,14,16H,1H3. The zero-order valence-corrected chi connectivity index (χ0v) is 13.3. The van der Waals surface area contributed by atoms with Crippen molar-refractivity contribution in [3.63, 3.8) is 0 Å². The Labute approximate surface area is 130 Å². The molecule has 6 nitrogen and oxygen atoms in total. The Morgan fingerprint density at radius 3 is 2.67 bits per heavy atom. The number of imidazole rings is 1. The van der Waals surface area contributed by atoms with Gasteiger partial charge in [0.2, 0.25) is 5.03 Å². The maximum atomic E-state index is 12.6. The molecule has 0 atom stereocenters. The molecule has 0 saturated carbocycles. The van der Waals surface area contributed by atoms with Crippen LogP contribution >= 0.6 is 22.9 Å². The van der Waals surface area contributed by atoms with Gasteiger partial charge in [-0.2, -0.15) is 8.42 Å². The predicted octanol–water partition coefficient (Wildman–Crippen LogP) is 2.89. The second-order valence-corrected chi connectivity index (χ2v) is 7.09. The van der Waals surface area contributed by atoms with Crippen molar-refractivity contribution < 1.29 is 8.42 Å². The molecule has 0 bridgehead atoms. The molecule has 0 aliphatic heterocycles. The minimum Gasteiger partial charge on any atom is -0.371 e. The van der Waals surface area contributed by atoms with Gasteiger partial charge in [-0.1, -0.05) is 11.6 Å². The van der Waals surface area contributed by atoms with Crippen LogP contribution < -0.4 is 10.0 Å².